The molecule has 1 amide bonds. The monoisotopic (exact) mass is 252 g/mol. The molecule has 0 spiro atoms. The predicted molar refractivity (Wildman–Crippen MR) is 64.4 cm³/mol. The second-order valence-corrected chi connectivity index (χ2v) is 4.16. The third-order valence-electron chi connectivity index (χ3n) is 2.33. The normalized spacial score (nSPS) is 13.7. The van der Waals surface area contributed by atoms with E-state index in [4.69, 9.17) is 5.11 Å². The maximum absolute atomic E-state index is 11.8. The first-order valence-corrected chi connectivity index (χ1v) is 5.59. The number of carboxylic acid groups (broad SMARTS) is 1. The van der Waals surface area contributed by atoms with Crippen LogP contribution in [-0.4, -0.2) is 39.2 Å². The van der Waals surface area contributed by atoms with Crippen LogP contribution in [0, 0.1) is 0 Å². The molecule has 0 fully saturated rings. The molecule has 0 bridgehead atoms. The number of amides is 1. The van der Waals surface area contributed by atoms with E-state index in [0.29, 0.717) is 6.42 Å². The number of aromatic carboxylic acids is 1. The van der Waals surface area contributed by atoms with Gasteiger partial charge >= 0.3 is 5.97 Å². The summed E-state index contributed by atoms with van der Waals surface area (Å²) in [5, 5.41) is 20.7. The Hall–Kier alpha value is -1.95. The Balaban J connectivity index is 2.81. The summed E-state index contributed by atoms with van der Waals surface area (Å²) in [4.78, 5) is 26.5. The lowest BCUT2D eigenvalue weighted by Gasteiger charge is -2.15. The fraction of sp³-hybridized carbons (Fsp3) is 0.417. The van der Waals surface area contributed by atoms with Crippen LogP contribution in [0.4, 0.5) is 0 Å². The van der Waals surface area contributed by atoms with Gasteiger partial charge in [-0.2, -0.15) is 0 Å². The van der Waals surface area contributed by atoms with E-state index >= 15 is 0 Å². The van der Waals surface area contributed by atoms with Crippen molar-refractivity contribution in [3.05, 3.63) is 29.6 Å². The average Bonchev–Trinajstić information content (AvgIpc) is 2.27. The van der Waals surface area contributed by atoms with Crippen molar-refractivity contribution in [2.24, 2.45) is 0 Å². The van der Waals surface area contributed by atoms with Gasteiger partial charge < -0.3 is 15.5 Å². The lowest BCUT2D eigenvalue weighted by atomic mass is 10.1. The van der Waals surface area contributed by atoms with E-state index < -0.39 is 18.0 Å². The Labute approximate surface area is 105 Å². The van der Waals surface area contributed by atoms with Gasteiger partial charge in [0, 0.05) is 12.2 Å². The van der Waals surface area contributed by atoms with Crippen molar-refractivity contribution in [3.8, 4) is 0 Å². The molecule has 18 heavy (non-hydrogen) atoms. The summed E-state index contributed by atoms with van der Waals surface area (Å²) >= 11 is 0. The Morgan fingerprint density at radius 3 is 2.67 bits per heavy atom. The fourth-order valence-electron chi connectivity index (χ4n) is 1.62. The molecule has 2 atom stereocenters. The van der Waals surface area contributed by atoms with Crippen LogP contribution in [0.25, 0.3) is 0 Å². The number of pyridine rings is 1. The SMILES string of the molecule is CC(O)CC(C)NC(=O)c1ncccc1C(=O)O. The topological polar surface area (TPSA) is 99.5 Å². The van der Waals surface area contributed by atoms with E-state index in [9.17, 15) is 14.7 Å². The fourth-order valence-corrected chi connectivity index (χ4v) is 1.62. The molecule has 0 radical (unpaired) electrons. The molecule has 3 N–H and O–H groups in total. The molecule has 1 aromatic heterocycles. The largest absolute Gasteiger partial charge is 0.478 e. The summed E-state index contributed by atoms with van der Waals surface area (Å²) in [6.45, 7) is 3.35. The van der Waals surface area contributed by atoms with Gasteiger partial charge in [0.25, 0.3) is 5.91 Å². The molecule has 0 saturated carbocycles. The molecule has 0 aliphatic heterocycles. The van der Waals surface area contributed by atoms with Gasteiger partial charge in [0.15, 0.2) is 0 Å². The lowest BCUT2D eigenvalue weighted by Crippen LogP contribution is -2.36. The first kappa shape index (κ1) is 14.1. The number of carbonyl (C=O) groups is 2. The van der Waals surface area contributed by atoms with Crippen LogP contribution < -0.4 is 5.32 Å². The van der Waals surface area contributed by atoms with Crippen LogP contribution in [0.1, 0.15) is 41.1 Å². The molecule has 0 saturated heterocycles. The van der Waals surface area contributed by atoms with E-state index in [1.54, 1.807) is 13.8 Å². The molecular weight excluding hydrogens is 236 g/mol. The van der Waals surface area contributed by atoms with Crippen molar-refractivity contribution in [1.82, 2.24) is 10.3 Å². The van der Waals surface area contributed by atoms with Gasteiger partial charge in [0.1, 0.15) is 5.69 Å². The predicted octanol–water partition coefficient (Wildman–Crippen LogP) is 0.669. The minimum absolute atomic E-state index is 0.123. The number of nitrogens with one attached hydrogen (secondary N) is 1. The number of rotatable bonds is 5. The second kappa shape index (κ2) is 6.11. The molecule has 6 nitrogen and oxygen atoms in total. The minimum atomic E-state index is -1.20. The van der Waals surface area contributed by atoms with Crippen LogP contribution in [0.2, 0.25) is 0 Å². The number of aromatic nitrogens is 1. The number of carbonyl (C=O) groups excluding carboxylic acids is 1. The van der Waals surface area contributed by atoms with Gasteiger partial charge in [-0.25, -0.2) is 4.79 Å². The quantitative estimate of drug-likeness (QED) is 0.715. The summed E-state index contributed by atoms with van der Waals surface area (Å²) in [6.07, 6.45) is 1.21. The Morgan fingerprint density at radius 2 is 2.11 bits per heavy atom. The molecule has 0 aliphatic carbocycles. The minimum Gasteiger partial charge on any atom is -0.478 e. The number of nitrogens with zero attached hydrogens (tertiary/aromatic N) is 1. The summed E-state index contributed by atoms with van der Waals surface area (Å²) in [5.74, 6) is -1.75. The van der Waals surface area contributed by atoms with E-state index in [-0.39, 0.29) is 17.3 Å². The summed E-state index contributed by atoms with van der Waals surface area (Å²) in [5.41, 5.74) is -0.262. The van der Waals surface area contributed by atoms with Gasteiger partial charge in [0.05, 0.1) is 11.7 Å². The highest BCUT2D eigenvalue weighted by atomic mass is 16.4. The molecule has 1 heterocycles. The van der Waals surface area contributed by atoms with Crippen LogP contribution in [0.15, 0.2) is 18.3 Å². The van der Waals surface area contributed by atoms with E-state index in [0.717, 1.165) is 0 Å². The lowest BCUT2D eigenvalue weighted by molar-refractivity contribution is 0.0688. The summed E-state index contributed by atoms with van der Waals surface area (Å²) in [7, 11) is 0. The molecule has 0 aromatic carbocycles. The maximum Gasteiger partial charge on any atom is 0.338 e. The second-order valence-electron chi connectivity index (χ2n) is 4.16. The van der Waals surface area contributed by atoms with Crippen LogP contribution >= 0.6 is 0 Å². The third kappa shape index (κ3) is 3.81. The number of aliphatic hydroxyl groups is 1. The zero-order chi connectivity index (χ0) is 13.7. The summed E-state index contributed by atoms with van der Waals surface area (Å²) < 4.78 is 0. The molecular formula is C12H16N2O4. The van der Waals surface area contributed by atoms with E-state index in [2.05, 4.69) is 10.3 Å². The zero-order valence-electron chi connectivity index (χ0n) is 10.3. The first-order chi connectivity index (χ1) is 8.41. The van der Waals surface area contributed by atoms with Crippen molar-refractivity contribution in [3.63, 3.8) is 0 Å². The van der Waals surface area contributed by atoms with Gasteiger partial charge in [-0.15, -0.1) is 0 Å². The van der Waals surface area contributed by atoms with Gasteiger partial charge in [-0.3, -0.25) is 9.78 Å². The van der Waals surface area contributed by atoms with Crippen molar-refractivity contribution in [1.29, 1.82) is 0 Å². The van der Waals surface area contributed by atoms with Gasteiger partial charge in [-0.05, 0) is 32.4 Å². The smallest absolute Gasteiger partial charge is 0.338 e. The molecule has 0 aliphatic rings. The number of carboxylic acids is 1. The number of hydrogen-bond donors (Lipinski definition) is 3. The zero-order valence-corrected chi connectivity index (χ0v) is 10.3. The highest BCUT2D eigenvalue weighted by Gasteiger charge is 2.19. The first-order valence-electron chi connectivity index (χ1n) is 5.59. The van der Waals surface area contributed by atoms with Gasteiger partial charge in [0.2, 0.25) is 0 Å². The molecule has 2 unspecified atom stereocenters. The number of aliphatic hydroxyl groups excluding tert-OH is 1. The third-order valence-corrected chi connectivity index (χ3v) is 2.33. The van der Waals surface area contributed by atoms with Crippen molar-refractivity contribution < 1.29 is 19.8 Å². The highest BCUT2D eigenvalue weighted by molar-refractivity contribution is 6.03. The summed E-state index contributed by atoms with van der Waals surface area (Å²) in [6, 6.07) is 2.52. The maximum atomic E-state index is 11.8. The van der Waals surface area contributed by atoms with Crippen molar-refractivity contribution >= 4 is 11.9 Å². The molecule has 1 rings (SSSR count). The van der Waals surface area contributed by atoms with E-state index in [1.807, 2.05) is 0 Å². The number of hydrogen-bond acceptors (Lipinski definition) is 4. The van der Waals surface area contributed by atoms with Crippen LogP contribution in [0.5, 0.6) is 0 Å². The highest BCUT2D eigenvalue weighted by Crippen LogP contribution is 2.06. The van der Waals surface area contributed by atoms with Crippen LogP contribution in [0.3, 0.4) is 0 Å². The van der Waals surface area contributed by atoms with Crippen molar-refractivity contribution in [2.45, 2.75) is 32.4 Å². The van der Waals surface area contributed by atoms with Crippen LogP contribution in [-0.2, 0) is 0 Å². The van der Waals surface area contributed by atoms with Crippen molar-refractivity contribution in [2.75, 3.05) is 0 Å². The van der Waals surface area contributed by atoms with E-state index in [1.165, 1.54) is 18.3 Å². The Kier molecular flexibility index (Phi) is 4.79. The average molecular weight is 252 g/mol. The Morgan fingerprint density at radius 1 is 1.44 bits per heavy atom. The standard InChI is InChI=1S/C12H16N2O4/c1-7(6-8(2)15)14-11(16)10-9(12(17)18)4-3-5-13-10/h3-5,7-8,15H,6H2,1-2H3,(H,14,16)(H,17,18). The van der Waals surface area contributed by atoms with Gasteiger partial charge in [-0.1, -0.05) is 0 Å². The molecule has 1 aromatic rings. The molecule has 98 valence electrons. The Bertz CT molecular complexity index is 445. The molecule has 6 heteroatoms.